The van der Waals surface area contributed by atoms with Crippen molar-refractivity contribution < 1.29 is 9.90 Å². The highest BCUT2D eigenvalue weighted by atomic mass is 16.3. The van der Waals surface area contributed by atoms with E-state index in [1.165, 1.54) is 0 Å². The van der Waals surface area contributed by atoms with Crippen LogP contribution in [0.4, 0.5) is 0 Å². The van der Waals surface area contributed by atoms with Gasteiger partial charge in [-0.15, -0.1) is 0 Å². The smallest absolute Gasteiger partial charge is 0.259 e. The highest BCUT2D eigenvalue weighted by molar-refractivity contribution is 6.00. The van der Waals surface area contributed by atoms with E-state index < -0.39 is 6.10 Å². The van der Waals surface area contributed by atoms with Crippen LogP contribution in [0.3, 0.4) is 0 Å². The maximum absolute atomic E-state index is 12.6. The van der Waals surface area contributed by atoms with Gasteiger partial charge in [0.2, 0.25) is 0 Å². The highest BCUT2D eigenvalue weighted by Crippen LogP contribution is 2.18. The molecule has 1 unspecified atom stereocenters. The van der Waals surface area contributed by atoms with Crippen molar-refractivity contribution in [1.82, 2.24) is 19.5 Å². The van der Waals surface area contributed by atoms with Gasteiger partial charge in [0.25, 0.3) is 5.91 Å². The number of rotatable bonds is 4. The van der Waals surface area contributed by atoms with Gasteiger partial charge in [0, 0.05) is 25.0 Å². The lowest BCUT2D eigenvalue weighted by Gasteiger charge is -2.17. The van der Waals surface area contributed by atoms with Crippen molar-refractivity contribution in [3.8, 4) is 0 Å². The molecule has 0 aliphatic heterocycles. The van der Waals surface area contributed by atoms with E-state index in [-0.39, 0.29) is 5.91 Å². The number of carbonyl (C=O) groups is 1. The van der Waals surface area contributed by atoms with E-state index in [1.54, 1.807) is 23.4 Å². The van der Waals surface area contributed by atoms with Crippen LogP contribution in [0.2, 0.25) is 0 Å². The number of aliphatic hydroxyl groups is 1. The van der Waals surface area contributed by atoms with Crippen molar-refractivity contribution in [1.29, 1.82) is 0 Å². The lowest BCUT2D eigenvalue weighted by molar-refractivity contribution is 0.0770. The maximum Gasteiger partial charge on any atom is 0.259 e. The lowest BCUT2D eigenvalue weighted by atomic mass is 10.2. The van der Waals surface area contributed by atoms with E-state index in [4.69, 9.17) is 0 Å². The van der Waals surface area contributed by atoms with E-state index in [2.05, 4.69) is 10.1 Å². The second kappa shape index (κ2) is 5.81. The molecule has 2 rings (SSSR count). The van der Waals surface area contributed by atoms with E-state index in [0.717, 1.165) is 11.4 Å². The largest absolute Gasteiger partial charge is 0.393 e. The number of nitrogens with zero attached hydrogens (tertiary/aromatic N) is 4. The Bertz CT molecular complexity index is 676. The third-order valence-electron chi connectivity index (χ3n) is 3.51. The third-order valence-corrected chi connectivity index (χ3v) is 3.51. The summed E-state index contributed by atoms with van der Waals surface area (Å²) in [4.78, 5) is 18.7. The monoisotopic (exact) mass is 290 g/mol. The summed E-state index contributed by atoms with van der Waals surface area (Å²) in [6.45, 7) is 7.88. The van der Waals surface area contributed by atoms with Gasteiger partial charge in [-0.3, -0.25) is 4.79 Å². The molecular formula is C15H22N4O2. The van der Waals surface area contributed by atoms with Gasteiger partial charge in [-0.05, 0) is 40.2 Å². The molecule has 6 nitrogen and oxygen atoms in total. The summed E-state index contributed by atoms with van der Waals surface area (Å²) in [7, 11) is 1.73. The summed E-state index contributed by atoms with van der Waals surface area (Å²) in [5.41, 5.74) is 3.62. The van der Waals surface area contributed by atoms with Crippen molar-refractivity contribution >= 4 is 11.6 Å². The van der Waals surface area contributed by atoms with Crippen LogP contribution in [-0.4, -0.2) is 50.2 Å². The van der Waals surface area contributed by atoms with Crippen molar-refractivity contribution in [2.45, 2.75) is 40.2 Å². The first-order valence-electron chi connectivity index (χ1n) is 7.08. The molecule has 0 saturated heterocycles. The van der Waals surface area contributed by atoms with Crippen molar-refractivity contribution in [3.05, 3.63) is 28.7 Å². The zero-order valence-corrected chi connectivity index (χ0v) is 13.2. The average molecular weight is 290 g/mol. The van der Waals surface area contributed by atoms with E-state index in [0.29, 0.717) is 29.9 Å². The molecular weight excluding hydrogens is 268 g/mol. The normalized spacial score (nSPS) is 12.7. The summed E-state index contributed by atoms with van der Waals surface area (Å²) < 4.78 is 1.71. The van der Waals surface area contributed by atoms with Crippen LogP contribution in [0, 0.1) is 20.8 Å². The van der Waals surface area contributed by atoms with Crippen LogP contribution < -0.4 is 0 Å². The summed E-state index contributed by atoms with van der Waals surface area (Å²) in [5.74, 6) is -0.111. The quantitative estimate of drug-likeness (QED) is 0.926. The van der Waals surface area contributed by atoms with Crippen LogP contribution in [0.1, 0.15) is 40.8 Å². The fourth-order valence-electron chi connectivity index (χ4n) is 2.35. The van der Waals surface area contributed by atoms with Gasteiger partial charge in [-0.25, -0.2) is 9.50 Å². The molecule has 6 heteroatoms. The number of amides is 1. The molecule has 0 bridgehead atoms. The second-order valence-electron chi connectivity index (χ2n) is 5.60. The number of aromatic nitrogens is 3. The maximum atomic E-state index is 12.6. The average Bonchev–Trinajstić information content (AvgIpc) is 2.71. The van der Waals surface area contributed by atoms with Crippen LogP contribution >= 0.6 is 0 Å². The van der Waals surface area contributed by atoms with Crippen LogP contribution in [0.15, 0.2) is 6.07 Å². The standard InChI is InChI=1S/C15H22N4O2/c1-9-8-10(2)19-14(16-9)13(12(4)17-19)15(21)18(5)7-6-11(3)20/h8,11,20H,6-7H2,1-5H3. The first kappa shape index (κ1) is 15.4. The summed E-state index contributed by atoms with van der Waals surface area (Å²) in [6, 6.07) is 1.94. The predicted octanol–water partition coefficient (Wildman–Crippen LogP) is 1.50. The predicted molar refractivity (Wildman–Crippen MR) is 80.5 cm³/mol. The molecule has 0 spiro atoms. The van der Waals surface area contributed by atoms with Crippen LogP contribution in [0.5, 0.6) is 0 Å². The zero-order chi connectivity index (χ0) is 15.7. The highest BCUT2D eigenvalue weighted by Gasteiger charge is 2.22. The molecule has 1 atom stereocenters. The van der Waals surface area contributed by atoms with Crippen LogP contribution in [-0.2, 0) is 0 Å². The summed E-state index contributed by atoms with van der Waals surface area (Å²) in [5, 5.41) is 13.8. The molecule has 0 aliphatic carbocycles. The Morgan fingerprint density at radius 2 is 2.10 bits per heavy atom. The van der Waals surface area contributed by atoms with Gasteiger partial charge < -0.3 is 10.0 Å². The molecule has 2 heterocycles. The lowest BCUT2D eigenvalue weighted by Crippen LogP contribution is -2.30. The molecule has 1 amide bonds. The van der Waals surface area contributed by atoms with Crippen molar-refractivity contribution in [2.75, 3.05) is 13.6 Å². The molecule has 2 aromatic heterocycles. The SMILES string of the molecule is Cc1cc(C)n2nc(C)c(C(=O)N(C)CCC(C)O)c2n1. The molecule has 0 radical (unpaired) electrons. The van der Waals surface area contributed by atoms with Gasteiger partial charge >= 0.3 is 0 Å². The van der Waals surface area contributed by atoms with Gasteiger partial charge in [0.05, 0.1) is 11.8 Å². The Labute approximate surface area is 124 Å². The molecule has 2 aromatic rings. The van der Waals surface area contributed by atoms with Gasteiger partial charge in [-0.1, -0.05) is 0 Å². The van der Waals surface area contributed by atoms with Gasteiger partial charge in [0.15, 0.2) is 5.65 Å². The first-order chi connectivity index (χ1) is 9.81. The molecule has 1 N–H and O–H groups in total. The minimum atomic E-state index is -0.423. The number of hydrogen-bond acceptors (Lipinski definition) is 4. The van der Waals surface area contributed by atoms with Crippen molar-refractivity contribution in [3.63, 3.8) is 0 Å². The Balaban J connectivity index is 2.41. The molecule has 0 aromatic carbocycles. The number of aliphatic hydroxyl groups excluding tert-OH is 1. The van der Waals surface area contributed by atoms with Crippen molar-refractivity contribution in [2.24, 2.45) is 0 Å². The molecule has 0 aliphatic rings. The Morgan fingerprint density at radius 1 is 1.43 bits per heavy atom. The minimum absolute atomic E-state index is 0.111. The second-order valence-corrected chi connectivity index (χ2v) is 5.60. The number of fused-ring (bicyclic) bond motifs is 1. The fourth-order valence-corrected chi connectivity index (χ4v) is 2.35. The van der Waals surface area contributed by atoms with Gasteiger partial charge in [0.1, 0.15) is 5.56 Å². The Hall–Kier alpha value is -1.95. The number of carbonyl (C=O) groups excluding carboxylic acids is 1. The van der Waals surface area contributed by atoms with Crippen LogP contribution in [0.25, 0.3) is 5.65 Å². The third kappa shape index (κ3) is 3.05. The molecule has 114 valence electrons. The molecule has 21 heavy (non-hydrogen) atoms. The number of hydrogen-bond donors (Lipinski definition) is 1. The fraction of sp³-hybridized carbons (Fsp3) is 0.533. The topological polar surface area (TPSA) is 70.7 Å². The van der Waals surface area contributed by atoms with Gasteiger partial charge in [-0.2, -0.15) is 5.10 Å². The molecule has 0 fully saturated rings. The zero-order valence-electron chi connectivity index (χ0n) is 13.2. The summed E-state index contributed by atoms with van der Waals surface area (Å²) in [6.07, 6.45) is 0.124. The minimum Gasteiger partial charge on any atom is -0.393 e. The molecule has 0 saturated carbocycles. The summed E-state index contributed by atoms with van der Waals surface area (Å²) >= 11 is 0. The Kier molecular flexibility index (Phi) is 4.27. The first-order valence-corrected chi connectivity index (χ1v) is 7.08. The number of aryl methyl sites for hydroxylation is 3. The van der Waals surface area contributed by atoms with E-state index in [9.17, 15) is 9.90 Å². The Morgan fingerprint density at radius 3 is 2.71 bits per heavy atom. The van der Waals surface area contributed by atoms with E-state index >= 15 is 0 Å². The van der Waals surface area contributed by atoms with E-state index in [1.807, 2.05) is 26.8 Å².